The number of nitrogens with zero attached hydrogens (tertiary/aromatic N) is 1. The van der Waals surface area contributed by atoms with Crippen molar-refractivity contribution in [2.75, 3.05) is 20.1 Å². The molecule has 3 N–H and O–H groups in total. The molecule has 0 saturated heterocycles. The van der Waals surface area contributed by atoms with Gasteiger partial charge in [-0.3, -0.25) is 0 Å². The van der Waals surface area contributed by atoms with Crippen LogP contribution in [0.5, 0.6) is 0 Å². The van der Waals surface area contributed by atoms with Crippen LogP contribution in [-0.2, 0) is 16.6 Å². The Balaban J connectivity index is 2.35. The van der Waals surface area contributed by atoms with E-state index in [1.54, 1.807) is 6.07 Å². The highest BCUT2D eigenvalue weighted by Crippen LogP contribution is 2.11. The van der Waals surface area contributed by atoms with Gasteiger partial charge in [0.15, 0.2) is 0 Å². The summed E-state index contributed by atoms with van der Waals surface area (Å²) in [4.78, 5) is 2.21. The number of hydrogen-bond donors (Lipinski definition) is 2. The summed E-state index contributed by atoms with van der Waals surface area (Å²) in [6.45, 7) is 6.47. The van der Waals surface area contributed by atoms with Gasteiger partial charge in [-0.15, -0.1) is 0 Å². The van der Waals surface area contributed by atoms with Crippen molar-refractivity contribution in [3.8, 4) is 0 Å². The number of furan rings is 1. The molecule has 0 bridgehead atoms. The molecule has 104 valence electrons. The van der Waals surface area contributed by atoms with Gasteiger partial charge >= 0.3 is 0 Å². The molecule has 0 saturated carbocycles. The predicted molar refractivity (Wildman–Crippen MR) is 69.6 cm³/mol. The highest BCUT2D eigenvalue weighted by Gasteiger charge is 2.12. The van der Waals surface area contributed by atoms with Crippen molar-refractivity contribution >= 4 is 10.0 Å². The minimum Gasteiger partial charge on any atom is -0.447 e. The van der Waals surface area contributed by atoms with Crippen LogP contribution < -0.4 is 10.5 Å². The molecule has 18 heavy (non-hydrogen) atoms. The zero-order valence-electron chi connectivity index (χ0n) is 11.0. The molecule has 1 rings (SSSR count). The van der Waals surface area contributed by atoms with Crippen molar-refractivity contribution in [3.63, 3.8) is 0 Å². The highest BCUT2D eigenvalue weighted by molar-refractivity contribution is 7.89. The lowest BCUT2D eigenvalue weighted by atomic mass is 10.3. The zero-order chi connectivity index (χ0) is 13.8. The molecule has 0 aromatic carbocycles. The first-order valence-corrected chi connectivity index (χ1v) is 7.38. The average Bonchev–Trinajstić information content (AvgIpc) is 2.72. The number of sulfonamides is 1. The molecule has 0 aliphatic rings. The Morgan fingerprint density at radius 1 is 1.44 bits per heavy atom. The van der Waals surface area contributed by atoms with Crippen LogP contribution in [0.3, 0.4) is 0 Å². The van der Waals surface area contributed by atoms with E-state index in [9.17, 15) is 8.42 Å². The standard InChI is InChI=1S/C11H21N3O3S/c1-9(2)14(3)7-6-13-8-10-4-5-11(17-10)18(12,15)16/h4-5,9,13H,6-8H2,1-3H3,(H2,12,15,16). The molecule has 0 spiro atoms. The number of likely N-dealkylation sites (N-methyl/N-ethyl adjacent to an activating group) is 1. The van der Waals surface area contributed by atoms with Gasteiger partial charge in [0.1, 0.15) is 5.76 Å². The Morgan fingerprint density at radius 3 is 2.61 bits per heavy atom. The molecule has 0 atom stereocenters. The normalized spacial score (nSPS) is 12.6. The molecule has 1 aromatic rings. The van der Waals surface area contributed by atoms with E-state index in [0.717, 1.165) is 13.1 Å². The number of nitrogens with one attached hydrogen (secondary N) is 1. The van der Waals surface area contributed by atoms with Gasteiger partial charge < -0.3 is 14.6 Å². The van der Waals surface area contributed by atoms with Crippen molar-refractivity contribution < 1.29 is 12.8 Å². The third-order valence-corrected chi connectivity index (χ3v) is 3.52. The van der Waals surface area contributed by atoms with Crippen LogP contribution >= 0.6 is 0 Å². The van der Waals surface area contributed by atoms with E-state index >= 15 is 0 Å². The minimum atomic E-state index is -3.74. The third kappa shape index (κ3) is 4.77. The Hall–Kier alpha value is -0.890. The fourth-order valence-corrected chi connectivity index (χ4v) is 1.81. The van der Waals surface area contributed by atoms with Crippen molar-refractivity contribution in [1.29, 1.82) is 0 Å². The summed E-state index contributed by atoms with van der Waals surface area (Å²) >= 11 is 0. The van der Waals surface area contributed by atoms with Gasteiger partial charge in [-0.1, -0.05) is 0 Å². The predicted octanol–water partition coefficient (Wildman–Crippen LogP) is 0.357. The second kappa shape index (κ2) is 6.33. The topological polar surface area (TPSA) is 88.6 Å². The molecule has 0 radical (unpaired) electrons. The Labute approximate surface area is 108 Å². The first-order valence-electron chi connectivity index (χ1n) is 5.83. The van der Waals surface area contributed by atoms with E-state index in [1.807, 2.05) is 0 Å². The van der Waals surface area contributed by atoms with Crippen molar-refractivity contribution in [3.05, 3.63) is 17.9 Å². The monoisotopic (exact) mass is 275 g/mol. The summed E-state index contributed by atoms with van der Waals surface area (Å²) in [5.41, 5.74) is 0. The number of nitrogens with two attached hydrogens (primary N) is 1. The van der Waals surface area contributed by atoms with Gasteiger partial charge in [0.05, 0.1) is 6.54 Å². The molecule has 0 unspecified atom stereocenters. The molecule has 0 aliphatic heterocycles. The molecule has 0 aliphatic carbocycles. The molecular weight excluding hydrogens is 254 g/mol. The summed E-state index contributed by atoms with van der Waals surface area (Å²) in [5, 5.41) is 7.93. The highest BCUT2D eigenvalue weighted by atomic mass is 32.2. The maximum absolute atomic E-state index is 11.0. The summed E-state index contributed by atoms with van der Waals surface area (Å²) in [5.74, 6) is 0.561. The summed E-state index contributed by atoms with van der Waals surface area (Å²) in [6, 6.07) is 3.48. The third-order valence-electron chi connectivity index (χ3n) is 2.74. The van der Waals surface area contributed by atoms with E-state index in [4.69, 9.17) is 9.56 Å². The van der Waals surface area contributed by atoms with E-state index in [1.165, 1.54) is 6.07 Å². The van der Waals surface area contributed by atoms with Gasteiger partial charge in [-0.25, -0.2) is 13.6 Å². The van der Waals surface area contributed by atoms with E-state index in [0.29, 0.717) is 18.3 Å². The Morgan fingerprint density at radius 2 is 2.11 bits per heavy atom. The average molecular weight is 275 g/mol. The van der Waals surface area contributed by atoms with Crippen molar-refractivity contribution in [1.82, 2.24) is 10.2 Å². The summed E-state index contributed by atoms with van der Waals surface area (Å²) in [6.07, 6.45) is 0. The molecule has 1 heterocycles. The maximum atomic E-state index is 11.0. The van der Waals surface area contributed by atoms with Gasteiger partial charge in [0.25, 0.3) is 10.0 Å². The van der Waals surface area contributed by atoms with Gasteiger partial charge in [0, 0.05) is 19.1 Å². The fraction of sp³-hybridized carbons (Fsp3) is 0.636. The lowest BCUT2D eigenvalue weighted by molar-refractivity contribution is 0.271. The Kier molecular flexibility index (Phi) is 5.33. The minimum absolute atomic E-state index is 0.196. The smallest absolute Gasteiger partial charge is 0.271 e. The molecule has 0 amide bonds. The van der Waals surface area contributed by atoms with E-state index in [2.05, 4.69) is 31.1 Å². The first-order chi connectivity index (χ1) is 8.30. The number of hydrogen-bond acceptors (Lipinski definition) is 5. The molecule has 0 fully saturated rings. The summed E-state index contributed by atoms with van der Waals surface area (Å²) in [7, 11) is -1.69. The Bertz CT molecular complexity index is 468. The summed E-state index contributed by atoms with van der Waals surface area (Å²) < 4.78 is 27.1. The number of rotatable bonds is 7. The lowest BCUT2D eigenvalue weighted by Gasteiger charge is -2.20. The fourth-order valence-electron chi connectivity index (χ4n) is 1.33. The van der Waals surface area contributed by atoms with Crippen LogP contribution in [0.15, 0.2) is 21.6 Å². The molecule has 1 aromatic heterocycles. The molecule has 7 heteroatoms. The van der Waals surface area contributed by atoms with Crippen LogP contribution in [0.2, 0.25) is 0 Å². The van der Waals surface area contributed by atoms with Gasteiger partial charge in [0.2, 0.25) is 5.09 Å². The maximum Gasteiger partial charge on any atom is 0.271 e. The number of primary sulfonamides is 1. The van der Waals surface area contributed by atoms with Crippen LogP contribution in [-0.4, -0.2) is 39.5 Å². The molecular formula is C11H21N3O3S. The lowest BCUT2D eigenvalue weighted by Crippen LogP contribution is -2.33. The van der Waals surface area contributed by atoms with E-state index < -0.39 is 10.0 Å². The van der Waals surface area contributed by atoms with Crippen LogP contribution in [0, 0.1) is 0 Å². The van der Waals surface area contributed by atoms with Crippen LogP contribution in [0.4, 0.5) is 0 Å². The largest absolute Gasteiger partial charge is 0.447 e. The van der Waals surface area contributed by atoms with Gasteiger partial charge in [-0.2, -0.15) is 0 Å². The SMILES string of the molecule is CC(C)N(C)CCNCc1ccc(S(N)(=O)=O)o1. The van der Waals surface area contributed by atoms with Crippen LogP contribution in [0.25, 0.3) is 0 Å². The quantitative estimate of drug-likeness (QED) is 0.701. The second-order valence-electron chi connectivity index (χ2n) is 4.52. The van der Waals surface area contributed by atoms with E-state index in [-0.39, 0.29) is 5.09 Å². The van der Waals surface area contributed by atoms with Gasteiger partial charge in [-0.05, 0) is 33.0 Å². The van der Waals surface area contributed by atoms with Crippen molar-refractivity contribution in [2.45, 2.75) is 31.5 Å². The second-order valence-corrected chi connectivity index (χ2v) is 6.01. The van der Waals surface area contributed by atoms with Crippen molar-refractivity contribution in [2.24, 2.45) is 5.14 Å². The molecule has 6 nitrogen and oxygen atoms in total. The van der Waals surface area contributed by atoms with Crippen LogP contribution in [0.1, 0.15) is 19.6 Å². The zero-order valence-corrected chi connectivity index (χ0v) is 11.8. The first kappa shape index (κ1) is 15.2.